The standard InChI is InChI=1S/2C24H52O3Si/c2*1-5-9-10-11-12-13-14-15-16-17-18-19-20-21-22-23-24-28(25-6-2,26-7-3)27-8-4/h2*5-24H2,1-4H3. The first kappa shape index (κ1) is 58.3. The maximum atomic E-state index is 5.93. The second kappa shape index (κ2) is 47.9. The third-order valence-electron chi connectivity index (χ3n) is 10.9. The molecule has 0 saturated heterocycles. The Morgan fingerprint density at radius 2 is 0.339 bits per heavy atom. The largest absolute Gasteiger partial charge is 0.500 e. The topological polar surface area (TPSA) is 55.4 Å². The van der Waals surface area contributed by atoms with Crippen molar-refractivity contribution < 1.29 is 26.6 Å². The summed E-state index contributed by atoms with van der Waals surface area (Å²) < 4.78 is 35.6. The van der Waals surface area contributed by atoms with Crippen molar-refractivity contribution in [2.24, 2.45) is 0 Å². The summed E-state index contributed by atoms with van der Waals surface area (Å²) in [4.78, 5) is 0. The zero-order valence-corrected chi connectivity index (χ0v) is 41.7. The predicted molar refractivity (Wildman–Crippen MR) is 250 cm³/mol. The summed E-state index contributed by atoms with van der Waals surface area (Å²) in [7, 11) is -4.81. The molecule has 0 bridgehead atoms. The number of rotatable bonds is 46. The minimum Gasteiger partial charge on any atom is -0.374 e. The molecule has 0 rings (SSSR count). The zero-order valence-electron chi connectivity index (χ0n) is 39.7. The van der Waals surface area contributed by atoms with Crippen LogP contribution in [0.15, 0.2) is 0 Å². The lowest BCUT2D eigenvalue weighted by atomic mass is 10.0. The fraction of sp³-hybridized carbons (Fsp3) is 1.00. The van der Waals surface area contributed by atoms with E-state index in [0.717, 1.165) is 12.1 Å². The molecule has 0 aromatic carbocycles. The predicted octanol–water partition coefficient (Wildman–Crippen LogP) is 16.6. The van der Waals surface area contributed by atoms with Crippen molar-refractivity contribution in [3.05, 3.63) is 0 Å². The van der Waals surface area contributed by atoms with Crippen LogP contribution in [0.2, 0.25) is 12.1 Å². The lowest BCUT2D eigenvalue weighted by Gasteiger charge is -2.28. The van der Waals surface area contributed by atoms with Gasteiger partial charge in [-0.2, -0.15) is 0 Å². The van der Waals surface area contributed by atoms with Gasteiger partial charge in [0.15, 0.2) is 0 Å². The van der Waals surface area contributed by atoms with Crippen molar-refractivity contribution in [3.8, 4) is 0 Å². The molecule has 0 aliphatic heterocycles. The van der Waals surface area contributed by atoms with Crippen molar-refractivity contribution in [2.75, 3.05) is 39.6 Å². The van der Waals surface area contributed by atoms with Crippen LogP contribution in [0.1, 0.15) is 261 Å². The molecule has 0 fully saturated rings. The molecular weight excluding hydrogens is 729 g/mol. The molecule has 0 atom stereocenters. The molecule has 0 radical (unpaired) electrons. The zero-order chi connectivity index (χ0) is 41.5. The van der Waals surface area contributed by atoms with Crippen LogP contribution in [0.25, 0.3) is 0 Å². The van der Waals surface area contributed by atoms with E-state index in [2.05, 4.69) is 13.8 Å². The minimum absolute atomic E-state index is 0.686. The van der Waals surface area contributed by atoms with Crippen LogP contribution in [0.3, 0.4) is 0 Å². The van der Waals surface area contributed by atoms with Crippen LogP contribution in [-0.2, 0) is 26.6 Å². The van der Waals surface area contributed by atoms with E-state index in [4.69, 9.17) is 26.6 Å². The summed E-state index contributed by atoms with van der Waals surface area (Å²) in [6.45, 7) is 20.9. The third-order valence-corrected chi connectivity index (χ3v) is 17.2. The summed E-state index contributed by atoms with van der Waals surface area (Å²) in [5.41, 5.74) is 0. The first-order valence-electron chi connectivity index (χ1n) is 25.3. The SMILES string of the molecule is CCCCCCCCCCCCCCCCCC[Si](OCC)(OCC)OCC.CCCCCCCCCCCCCCCCCC[Si](OCC)(OCC)OCC. The van der Waals surface area contributed by atoms with Crippen LogP contribution in [-0.4, -0.2) is 57.3 Å². The van der Waals surface area contributed by atoms with E-state index in [0.29, 0.717) is 39.6 Å². The average molecular weight is 834 g/mol. The Balaban J connectivity index is 0. The van der Waals surface area contributed by atoms with Crippen molar-refractivity contribution in [3.63, 3.8) is 0 Å². The van der Waals surface area contributed by atoms with Gasteiger partial charge < -0.3 is 26.6 Å². The summed E-state index contributed by atoms with van der Waals surface area (Å²) in [6, 6.07) is 1.95. The summed E-state index contributed by atoms with van der Waals surface area (Å²) in [5, 5.41) is 0. The van der Waals surface area contributed by atoms with E-state index in [-0.39, 0.29) is 0 Å². The molecule has 0 saturated carbocycles. The first-order chi connectivity index (χ1) is 27.5. The molecule has 0 N–H and O–H groups in total. The van der Waals surface area contributed by atoms with Gasteiger partial charge in [0.2, 0.25) is 0 Å². The molecule has 8 heteroatoms. The van der Waals surface area contributed by atoms with Gasteiger partial charge in [-0.3, -0.25) is 0 Å². The molecule has 0 aromatic rings. The molecule has 56 heavy (non-hydrogen) atoms. The van der Waals surface area contributed by atoms with Gasteiger partial charge in [-0.05, 0) is 54.4 Å². The van der Waals surface area contributed by atoms with Crippen molar-refractivity contribution in [1.29, 1.82) is 0 Å². The highest BCUT2D eigenvalue weighted by atomic mass is 28.4. The van der Waals surface area contributed by atoms with Gasteiger partial charge in [-0.15, -0.1) is 0 Å². The van der Waals surface area contributed by atoms with Gasteiger partial charge in [-0.25, -0.2) is 0 Å². The van der Waals surface area contributed by atoms with Crippen molar-refractivity contribution in [1.82, 2.24) is 0 Å². The van der Waals surface area contributed by atoms with E-state index in [1.807, 2.05) is 41.5 Å². The lowest BCUT2D eigenvalue weighted by molar-refractivity contribution is 0.0698. The minimum atomic E-state index is -2.40. The Labute approximate surface area is 355 Å². The van der Waals surface area contributed by atoms with Crippen LogP contribution in [0.5, 0.6) is 0 Å². The maximum absolute atomic E-state index is 5.93. The second-order valence-electron chi connectivity index (χ2n) is 16.1. The Hall–Kier alpha value is 0.194. The molecule has 0 spiro atoms. The average Bonchev–Trinajstić information content (AvgIpc) is 3.18. The van der Waals surface area contributed by atoms with Gasteiger partial charge in [0, 0.05) is 51.7 Å². The van der Waals surface area contributed by atoms with Gasteiger partial charge >= 0.3 is 17.6 Å². The monoisotopic (exact) mass is 833 g/mol. The molecule has 6 nitrogen and oxygen atoms in total. The summed E-state index contributed by atoms with van der Waals surface area (Å²) in [5.74, 6) is 0. The Morgan fingerprint density at radius 1 is 0.196 bits per heavy atom. The summed E-state index contributed by atoms with van der Waals surface area (Å²) in [6.07, 6.45) is 44.8. The van der Waals surface area contributed by atoms with Gasteiger partial charge in [0.1, 0.15) is 0 Å². The molecule has 0 heterocycles. The summed E-state index contributed by atoms with van der Waals surface area (Å²) >= 11 is 0. The van der Waals surface area contributed by atoms with E-state index >= 15 is 0 Å². The van der Waals surface area contributed by atoms with Crippen LogP contribution >= 0.6 is 0 Å². The highest BCUT2D eigenvalue weighted by Crippen LogP contribution is 2.23. The molecule has 0 aliphatic rings. The Bertz CT molecular complexity index is 623. The van der Waals surface area contributed by atoms with Crippen LogP contribution < -0.4 is 0 Å². The second-order valence-corrected chi connectivity index (χ2v) is 21.5. The molecule has 0 aromatic heterocycles. The fourth-order valence-electron chi connectivity index (χ4n) is 7.78. The van der Waals surface area contributed by atoms with E-state index in [1.165, 1.54) is 205 Å². The van der Waals surface area contributed by atoms with Gasteiger partial charge in [0.05, 0.1) is 0 Å². The highest BCUT2D eigenvalue weighted by molar-refractivity contribution is 6.61. The number of unbranched alkanes of at least 4 members (excludes halogenated alkanes) is 30. The first-order valence-corrected chi connectivity index (χ1v) is 29.2. The molecule has 0 amide bonds. The van der Waals surface area contributed by atoms with Crippen molar-refractivity contribution in [2.45, 2.75) is 273 Å². The molecule has 0 unspecified atom stereocenters. The van der Waals surface area contributed by atoms with Crippen LogP contribution in [0.4, 0.5) is 0 Å². The third kappa shape index (κ3) is 39.6. The Kier molecular flexibility index (Phi) is 49.8. The normalized spacial score (nSPS) is 12.0. The van der Waals surface area contributed by atoms with E-state index in [1.54, 1.807) is 0 Å². The van der Waals surface area contributed by atoms with Crippen molar-refractivity contribution >= 4 is 17.6 Å². The number of hydrogen-bond donors (Lipinski definition) is 0. The Morgan fingerprint density at radius 3 is 0.482 bits per heavy atom. The highest BCUT2D eigenvalue weighted by Gasteiger charge is 2.40. The van der Waals surface area contributed by atoms with Gasteiger partial charge in [0.25, 0.3) is 0 Å². The smallest absolute Gasteiger partial charge is 0.374 e. The van der Waals surface area contributed by atoms with E-state index in [9.17, 15) is 0 Å². The molecule has 0 aliphatic carbocycles. The molecule has 340 valence electrons. The number of hydrogen-bond acceptors (Lipinski definition) is 6. The lowest BCUT2D eigenvalue weighted by Crippen LogP contribution is -2.45. The fourth-order valence-corrected chi connectivity index (χ4v) is 13.2. The van der Waals surface area contributed by atoms with E-state index < -0.39 is 17.6 Å². The van der Waals surface area contributed by atoms with Gasteiger partial charge in [-0.1, -0.05) is 206 Å². The maximum Gasteiger partial charge on any atom is 0.500 e. The molecular formula is C48H104O6Si2. The van der Waals surface area contributed by atoms with Crippen LogP contribution in [0, 0.1) is 0 Å². The quantitative estimate of drug-likeness (QED) is 0.0450.